The van der Waals surface area contributed by atoms with Gasteiger partial charge in [0.05, 0.1) is 6.67 Å². The van der Waals surface area contributed by atoms with Gasteiger partial charge in [-0.2, -0.15) is 0 Å². The second-order valence-electron chi connectivity index (χ2n) is 1.91. The lowest BCUT2D eigenvalue weighted by atomic mass is 10.3. The van der Waals surface area contributed by atoms with E-state index in [9.17, 15) is 9.59 Å². The van der Waals surface area contributed by atoms with Crippen molar-refractivity contribution in [3.05, 3.63) is 0 Å². The summed E-state index contributed by atoms with van der Waals surface area (Å²) in [5.74, 6) is -0.432. The SMILES string of the molecule is NCNC(=O)C1COC(=O)O1. The normalized spacial score (nSPS) is 22.3. The van der Waals surface area contributed by atoms with Crippen molar-refractivity contribution in [1.29, 1.82) is 0 Å². The highest BCUT2D eigenvalue weighted by atomic mass is 16.8. The van der Waals surface area contributed by atoms with Crippen LogP contribution in [0.15, 0.2) is 0 Å². The van der Waals surface area contributed by atoms with Crippen molar-refractivity contribution >= 4 is 12.1 Å². The molecule has 1 aliphatic heterocycles. The molecule has 1 unspecified atom stereocenters. The molecule has 3 N–H and O–H groups in total. The van der Waals surface area contributed by atoms with Gasteiger partial charge in [-0.15, -0.1) is 0 Å². The highest BCUT2D eigenvalue weighted by Crippen LogP contribution is 2.05. The third-order valence-electron chi connectivity index (χ3n) is 1.16. The van der Waals surface area contributed by atoms with E-state index in [0.29, 0.717) is 0 Å². The van der Waals surface area contributed by atoms with Crippen molar-refractivity contribution in [3.8, 4) is 0 Å². The van der Waals surface area contributed by atoms with Gasteiger partial charge >= 0.3 is 6.16 Å². The summed E-state index contributed by atoms with van der Waals surface area (Å²) in [6.45, 7) is -0.0163. The van der Waals surface area contributed by atoms with Crippen LogP contribution in [0, 0.1) is 0 Å². The predicted octanol–water partition coefficient (Wildman–Crippen LogP) is -1.45. The maximum atomic E-state index is 10.8. The molecule has 0 aromatic heterocycles. The van der Waals surface area contributed by atoms with E-state index in [1.807, 2.05) is 0 Å². The average Bonchev–Trinajstić information content (AvgIpc) is 2.36. The first-order chi connectivity index (χ1) is 5.24. The van der Waals surface area contributed by atoms with Gasteiger partial charge in [0.1, 0.15) is 6.61 Å². The van der Waals surface area contributed by atoms with Gasteiger partial charge in [0.15, 0.2) is 0 Å². The number of cyclic esters (lactones) is 2. The lowest BCUT2D eigenvalue weighted by Gasteiger charge is -2.04. The van der Waals surface area contributed by atoms with Crippen LogP contribution in [-0.4, -0.2) is 31.4 Å². The number of carbonyl (C=O) groups excluding carboxylic acids is 2. The minimum absolute atomic E-state index is 0.0207. The van der Waals surface area contributed by atoms with Crippen LogP contribution in [0.5, 0.6) is 0 Å². The molecule has 6 heteroatoms. The summed E-state index contributed by atoms with van der Waals surface area (Å²) < 4.78 is 8.82. The van der Waals surface area contributed by atoms with Crippen LogP contribution in [0.4, 0.5) is 4.79 Å². The van der Waals surface area contributed by atoms with Crippen molar-refractivity contribution in [2.45, 2.75) is 6.10 Å². The van der Waals surface area contributed by atoms with Crippen molar-refractivity contribution in [3.63, 3.8) is 0 Å². The van der Waals surface area contributed by atoms with E-state index >= 15 is 0 Å². The molecule has 62 valence electrons. The van der Waals surface area contributed by atoms with E-state index in [0.717, 1.165) is 0 Å². The van der Waals surface area contributed by atoms with Gasteiger partial charge in [-0.05, 0) is 0 Å². The third-order valence-corrected chi connectivity index (χ3v) is 1.16. The van der Waals surface area contributed by atoms with Crippen LogP contribution >= 0.6 is 0 Å². The minimum atomic E-state index is -0.842. The number of hydrogen-bond acceptors (Lipinski definition) is 5. The smallest absolute Gasteiger partial charge is 0.430 e. The molecule has 0 aliphatic carbocycles. The molecule has 0 aromatic rings. The molecule has 0 bridgehead atoms. The second kappa shape index (κ2) is 3.20. The van der Waals surface area contributed by atoms with Crippen LogP contribution in [0.1, 0.15) is 0 Å². The van der Waals surface area contributed by atoms with Crippen LogP contribution in [-0.2, 0) is 14.3 Å². The summed E-state index contributed by atoms with van der Waals surface area (Å²) in [7, 11) is 0. The number of hydrogen-bond donors (Lipinski definition) is 2. The summed E-state index contributed by atoms with van der Waals surface area (Å²) >= 11 is 0. The maximum absolute atomic E-state index is 10.8. The summed E-state index contributed by atoms with van der Waals surface area (Å²) in [5.41, 5.74) is 5.02. The topological polar surface area (TPSA) is 90.6 Å². The fourth-order valence-corrected chi connectivity index (χ4v) is 0.672. The highest BCUT2D eigenvalue weighted by molar-refractivity contribution is 5.84. The lowest BCUT2D eigenvalue weighted by Crippen LogP contribution is -2.39. The average molecular weight is 160 g/mol. The predicted molar refractivity (Wildman–Crippen MR) is 33.4 cm³/mol. The molecule has 1 saturated heterocycles. The number of nitrogens with two attached hydrogens (primary N) is 1. The van der Waals surface area contributed by atoms with Crippen LogP contribution < -0.4 is 11.1 Å². The van der Waals surface area contributed by atoms with Crippen molar-refractivity contribution in [2.75, 3.05) is 13.3 Å². The second-order valence-corrected chi connectivity index (χ2v) is 1.91. The molecule has 0 spiro atoms. The number of ether oxygens (including phenoxy) is 2. The summed E-state index contributed by atoms with van der Waals surface area (Å²) in [6.07, 6.45) is -1.66. The monoisotopic (exact) mass is 160 g/mol. The van der Waals surface area contributed by atoms with E-state index in [1.54, 1.807) is 0 Å². The standard InChI is InChI=1S/C5H8N2O4/c6-2-7-4(8)3-1-10-5(9)11-3/h3H,1-2,6H2,(H,7,8). The molecule has 1 rings (SSSR count). The summed E-state index contributed by atoms with van der Waals surface area (Å²) in [5, 5.41) is 2.29. The van der Waals surface area contributed by atoms with Crippen molar-refractivity contribution in [2.24, 2.45) is 5.73 Å². The Bertz CT molecular complexity index is 181. The molecule has 1 fully saturated rings. The Balaban J connectivity index is 2.37. The molecule has 1 aliphatic rings. The molecular formula is C5H8N2O4. The van der Waals surface area contributed by atoms with Crippen molar-refractivity contribution in [1.82, 2.24) is 5.32 Å². The summed E-state index contributed by atoms with van der Waals surface area (Å²) in [4.78, 5) is 21.1. The van der Waals surface area contributed by atoms with Gasteiger partial charge in [0.2, 0.25) is 6.10 Å². The first kappa shape index (κ1) is 7.80. The largest absolute Gasteiger partial charge is 0.509 e. The molecule has 1 atom stereocenters. The Morgan fingerprint density at radius 2 is 2.55 bits per heavy atom. The molecule has 1 amide bonds. The maximum Gasteiger partial charge on any atom is 0.509 e. The molecule has 6 nitrogen and oxygen atoms in total. The van der Waals surface area contributed by atoms with Gasteiger partial charge in [-0.3, -0.25) is 4.79 Å². The van der Waals surface area contributed by atoms with E-state index < -0.39 is 18.2 Å². The highest BCUT2D eigenvalue weighted by Gasteiger charge is 2.30. The lowest BCUT2D eigenvalue weighted by molar-refractivity contribution is -0.127. The van der Waals surface area contributed by atoms with Crippen LogP contribution in [0.25, 0.3) is 0 Å². The van der Waals surface area contributed by atoms with Crippen molar-refractivity contribution < 1.29 is 19.1 Å². The molecular weight excluding hydrogens is 152 g/mol. The molecule has 0 aromatic carbocycles. The van der Waals surface area contributed by atoms with E-state index in [2.05, 4.69) is 14.8 Å². The zero-order valence-corrected chi connectivity index (χ0v) is 5.70. The number of rotatable bonds is 2. The molecule has 11 heavy (non-hydrogen) atoms. The minimum Gasteiger partial charge on any atom is -0.430 e. The Labute approximate surface area is 62.6 Å². The quantitative estimate of drug-likeness (QED) is 0.381. The molecule has 1 heterocycles. The Morgan fingerprint density at radius 1 is 1.82 bits per heavy atom. The fraction of sp³-hybridized carbons (Fsp3) is 0.600. The van der Waals surface area contributed by atoms with Gasteiger partial charge in [-0.1, -0.05) is 0 Å². The zero-order valence-electron chi connectivity index (χ0n) is 5.70. The zero-order chi connectivity index (χ0) is 8.27. The molecule has 0 saturated carbocycles. The van der Waals surface area contributed by atoms with E-state index in [-0.39, 0.29) is 13.3 Å². The third kappa shape index (κ3) is 1.81. The Kier molecular flexibility index (Phi) is 2.27. The Morgan fingerprint density at radius 3 is 3.00 bits per heavy atom. The van der Waals surface area contributed by atoms with Gasteiger partial charge < -0.3 is 20.5 Å². The summed E-state index contributed by atoms with van der Waals surface area (Å²) in [6, 6.07) is 0. The van der Waals surface area contributed by atoms with Gasteiger partial charge in [0, 0.05) is 0 Å². The molecule has 0 radical (unpaired) electrons. The first-order valence-corrected chi connectivity index (χ1v) is 3.05. The number of amides is 1. The fourth-order valence-electron chi connectivity index (χ4n) is 0.672. The number of nitrogens with one attached hydrogen (secondary N) is 1. The van der Waals surface area contributed by atoms with E-state index in [1.165, 1.54) is 0 Å². The van der Waals surface area contributed by atoms with Gasteiger partial charge in [0.25, 0.3) is 5.91 Å². The number of carbonyl (C=O) groups is 2. The van der Waals surface area contributed by atoms with Crippen LogP contribution in [0.3, 0.4) is 0 Å². The van der Waals surface area contributed by atoms with E-state index in [4.69, 9.17) is 5.73 Å². The Hall–Kier alpha value is -1.30. The van der Waals surface area contributed by atoms with Gasteiger partial charge in [-0.25, -0.2) is 4.79 Å². The first-order valence-electron chi connectivity index (χ1n) is 3.05. The van der Waals surface area contributed by atoms with Crippen LogP contribution in [0.2, 0.25) is 0 Å².